The molecule has 0 radical (unpaired) electrons. The Bertz CT molecular complexity index is 412. The molecule has 2 nitrogen and oxygen atoms in total. The molecule has 2 heteroatoms. The van der Waals surface area contributed by atoms with Crippen molar-refractivity contribution in [2.45, 2.75) is 0 Å². The van der Waals surface area contributed by atoms with E-state index in [2.05, 4.69) is 0 Å². The van der Waals surface area contributed by atoms with Crippen molar-refractivity contribution in [2.75, 3.05) is 0 Å². The van der Waals surface area contributed by atoms with Crippen LogP contribution in [0.25, 0.3) is 6.08 Å². The topological polar surface area (TPSA) is 47.6 Å². The highest BCUT2D eigenvalue weighted by molar-refractivity contribution is 5.52. The molecule has 1 aromatic rings. The van der Waals surface area contributed by atoms with Gasteiger partial charge in [0, 0.05) is 0 Å². The third kappa shape index (κ3) is 2.97. The summed E-state index contributed by atoms with van der Waals surface area (Å²) >= 11 is 0. The zero-order chi connectivity index (χ0) is 10.2. The van der Waals surface area contributed by atoms with Gasteiger partial charge in [0.2, 0.25) is 0 Å². The fourth-order valence-corrected chi connectivity index (χ4v) is 0.919. The average Bonchev–Trinajstić information content (AvgIpc) is 2.26. The Balaban J connectivity index is 2.73. The van der Waals surface area contributed by atoms with E-state index in [0.29, 0.717) is 0 Å². The first kappa shape index (κ1) is 9.77. The lowest BCUT2D eigenvalue weighted by Gasteiger charge is -1.88. The Morgan fingerprint density at radius 3 is 2.29 bits per heavy atom. The molecule has 0 aliphatic heterocycles. The molecular weight excluding hydrogens is 172 g/mol. The smallest absolute Gasteiger partial charge is 0.129 e. The van der Waals surface area contributed by atoms with Crippen molar-refractivity contribution in [1.82, 2.24) is 0 Å². The van der Waals surface area contributed by atoms with Gasteiger partial charge in [0.25, 0.3) is 0 Å². The molecule has 0 N–H and O–H groups in total. The minimum atomic E-state index is 0.109. The van der Waals surface area contributed by atoms with Crippen molar-refractivity contribution in [3.63, 3.8) is 0 Å². The molecule has 1 rings (SSSR count). The zero-order valence-corrected chi connectivity index (χ0v) is 7.51. The molecule has 0 atom stereocenters. The minimum Gasteiger partial charge on any atom is -0.192 e. The van der Waals surface area contributed by atoms with Crippen molar-refractivity contribution < 1.29 is 0 Å². The van der Waals surface area contributed by atoms with Crippen LogP contribution in [0.2, 0.25) is 0 Å². The third-order valence-electron chi connectivity index (χ3n) is 1.59. The third-order valence-corrected chi connectivity index (χ3v) is 1.59. The quantitative estimate of drug-likeness (QED) is 0.519. The Morgan fingerprint density at radius 2 is 1.71 bits per heavy atom. The standard InChI is InChI=1S/C12H8N2/c13-9-12(10-14)8-4-7-11-5-2-1-3-6-11/h1-8H. The first-order valence-corrected chi connectivity index (χ1v) is 4.10. The maximum absolute atomic E-state index is 8.45. The van der Waals surface area contributed by atoms with Gasteiger partial charge in [-0.3, -0.25) is 0 Å². The summed E-state index contributed by atoms with van der Waals surface area (Å²) in [6.07, 6.45) is 5.03. The molecule has 0 spiro atoms. The zero-order valence-electron chi connectivity index (χ0n) is 7.51. The van der Waals surface area contributed by atoms with Gasteiger partial charge in [0.05, 0.1) is 0 Å². The Kier molecular flexibility index (Phi) is 3.73. The predicted molar refractivity (Wildman–Crippen MR) is 54.8 cm³/mol. The highest BCUT2D eigenvalue weighted by atomic mass is 14.3. The molecule has 0 fully saturated rings. The van der Waals surface area contributed by atoms with E-state index in [1.165, 1.54) is 6.08 Å². The van der Waals surface area contributed by atoms with Crippen molar-refractivity contribution in [1.29, 1.82) is 10.5 Å². The fourth-order valence-electron chi connectivity index (χ4n) is 0.919. The van der Waals surface area contributed by atoms with E-state index >= 15 is 0 Å². The normalized spacial score (nSPS) is 9.00. The molecule has 66 valence electrons. The summed E-state index contributed by atoms with van der Waals surface area (Å²) in [5.41, 5.74) is 1.15. The van der Waals surface area contributed by atoms with Gasteiger partial charge in [0.1, 0.15) is 17.7 Å². The van der Waals surface area contributed by atoms with E-state index in [4.69, 9.17) is 10.5 Å². The van der Waals surface area contributed by atoms with Gasteiger partial charge >= 0.3 is 0 Å². The van der Waals surface area contributed by atoms with Crippen LogP contribution in [0.3, 0.4) is 0 Å². The Morgan fingerprint density at radius 1 is 1.07 bits per heavy atom. The van der Waals surface area contributed by atoms with Gasteiger partial charge in [-0.25, -0.2) is 0 Å². The summed E-state index contributed by atoms with van der Waals surface area (Å²) in [5, 5.41) is 16.9. The predicted octanol–water partition coefficient (Wildman–Crippen LogP) is 2.67. The number of nitriles is 2. The number of rotatable bonds is 2. The Hall–Kier alpha value is -2.32. The van der Waals surface area contributed by atoms with E-state index < -0.39 is 0 Å². The van der Waals surface area contributed by atoms with Crippen LogP contribution in [0.4, 0.5) is 0 Å². The molecule has 14 heavy (non-hydrogen) atoms. The minimum absolute atomic E-state index is 0.109. The molecule has 0 saturated carbocycles. The molecule has 0 amide bonds. The van der Waals surface area contributed by atoms with Crippen LogP contribution in [0.15, 0.2) is 48.1 Å². The summed E-state index contributed by atoms with van der Waals surface area (Å²) in [5.74, 6) is 0. The van der Waals surface area contributed by atoms with Crippen molar-refractivity contribution in [2.24, 2.45) is 0 Å². The van der Waals surface area contributed by atoms with Crippen molar-refractivity contribution in [3.05, 3.63) is 53.6 Å². The summed E-state index contributed by atoms with van der Waals surface area (Å²) in [4.78, 5) is 0. The molecule has 0 aliphatic rings. The number of nitrogens with zero attached hydrogens (tertiary/aromatic N) is 2. The van der Waals surface area contributed by atoms with Crippen LogP contribution in [0, 0.1) is 22.7 Å². The van der Waals surface area contributed by atoms with Crippen LogP contribution in [0.5, 0.6) is 0 Å². The largest absolute Gasteiger partial charge is 0.192 e. The van der Waals surface area contributed by atoms with Crippen LogP contribution in [-0.2, 0) is 0 Å². The number of hydrogen-bond donors (Lipinski definition) is 0. The van der Waals surface area contributed by atoms with Gasteiger partial charge in [-0.05, 0) is 11.6 Å². The first-order chi connectivity index (χ1) is 6.86. The van der Waals surface area contributed by atoms with Gasteiger partial charge in [-0.15, -0.1) is 0 Å². The maximum atomic E-state index is 8.45. The number of benzene rings is 1. The summed E-state index contributed by atoms with van der Waals surface area (Å²) in [6.45, 7) is 0. The van der Waals surface area contributed by atoms with Crippen LogP contribution < -0.4 is 0 Å². The van der Waals surface area contributed by atoms with Crippen LogP contribution >= 0.6 is 0 Å². The van der Waals surface area contributed by atoms with Gasteiger partial charge in [-0.2, -0.15) is 10.5 Å². The van der Waals surface area contributed by atoms with Crippen LogP contribution in [-0.4, -0.2) is 0 Å². The van der Waals surface area contributed by atoms with E-state index in [9.17, 15) is 0 Å². The lowest BCUT2D eigenvalue weighted by molar-refractivity contribution is 1.46. The lowest BCUT2D eigenvalue weighted by Crippen LogP contribution is -1.70. The molecule has 0 heterocycles. The van der Waals surface area contributed by atoms with Crippen molar-refractivity contribution in [3.8, 4) is 12.1 Å². The second-order valence-corrected chi connectivity index (χ2v) is 2.57. The average molecular weight is 180 g/mol. The van der Waals surface area contributed by atoms with Crippen molar-refractivity contribution >= 4 is 6.08 Å². The van der Waals surface area contributed by atoms with E-state index in [0.717, 1.165) is 5.56 Å². The maximum Gasteiger partial charge on any atom is 0.129 e. The molecule has 0 bridgehead atoms. The van der Waals surface area contributed by atoms with Gasteiger partial charge in [-0.1, -0.05) is 42.5 Å². The second-order valence-electron chi connectivity index (χ2n) is 2.57. The first-order valence-electron chi connectivity index (χ1n) is 4.10. The Labute approximate surface area is 83.0 Å². The summed E-state index contributed by atoms with van der Waals surface area (Å²) < 4.78 is 0. The fraction of sp³-hybridized carbons (Fsp3) is 0. The molecule has 0 unspecified atom stereocenters. The highest BCUT2D eigenvalue weighted by Crippen LogP contribution is 2.01. The number of hydrogen-bond acceptors (Lipinski definition) is 2. The molecular formula is C12H8N2. The van der Waals surface area contributed by atoms with Gasteiger partial charge < -0.3 is 0 Å². The monoisotopic (exact) mass is 180 g/mol. The molecule has 0 saturated heterocycles. The molecule has 0 aliphatic carbocycles. The highest BCUT2D eigenvalue weighted by Gasteiger charge is 1.86. The van der Waals surface area contributed by atoms with Crippen LogP contribution in [0.1, 0.15) is 5.56 Å². The van der Waals surface area contributed by atoms with E-state index in [1.807, 2.05) is 36.4 Å². The second kappa shape index (κ2) is 5.35. The van der Waals surface area contributed by atoms with E-state index in [-0.39, 0.29) is 5.57 Å². The molecule has 1 aromatic carbocycles. The summed E-state index contributed by atoms with van der Waals surface area (Å²) in [6, 6.07) is 13.3. The van der Waals surface area contributed by atoms with Gasteiger partial charge in [0.15, 0.2) is 0 Å². The molecule has 0 aromatic heterocycles. The SMILES string of the molecule is N#CC(C#N)=CC=Cc1ccccc1. The van der Waals surface area contributed by atoms with E-state index in [1.54, 1.807) is 18.2 Å². The summed E-state index contributed by atoms with van der Waals surface area (Å²) in [7, 11) is 0. The number of allylic oxidation sites excluding steroid dienone is 3. The lowest BCUT2D eigenvalue weighted by atomic mass is 10.2.